The first kappa shape index (κ1) is 29.0. The minimum atomic E-state index is -1.30. The maximum absolute atomic E-state index is 4.51. The Balaban J connectivity index is 0.000000192. The van der Waals surface area contributed by atoms with Crippen molar-refractivity contribution in [3.8, 4) is 22.5 Å². The van der Waals surface area contributed by atoms with Gasteiger partial charge in [-0.1, -0.05) is 80.0 Å². The number of thiophene rings is 1. The number of rotatable bonds is 4. The second-order valence-corrected chi connectivity index (χ2v) is 16.9. The van der Waals surface area contributed by atoms with Crippen LogP contribution in [0.1, 0.15) is 25.3 Å². The molecule has 6 rings (SSSR count). The molecule has 0 amide bonds. The molecule has 6 aromatic rings. The molecule has 1 radical (unpaired) electrons. The van der Waals surface area contributed by atoms with Crippen LogP contribution in [0.2, 0.25) is 19.6 Å². The fourth-order valence-electron chi connectivity index (χ4n) is 4.42. The van der Waals surface area contributed by atoms with Gasteiger partial charge in [-0.2, -0.15) is 11.3 Å². The zero-order valence-corrected chi connectivity index (χ0v) is 27.2. The van der Waals surface area contributed by atoms with E-state index in [0.29, 0.717) is 5.92 Å². The van der Waals surface area contributed by atoms with E-state index in [4.69, 9.17) is 0 Å². The average molecular weight is 721 g/mol. The Labute approximate surface area is 250 Å². The molecule has 2 nitrogen and oxygen atoms in total. The SMILES string of the molecule is CC(C)c1ccnc(-c2[c-]cccc2)c1.C[Si](C)(C)c1ccc2sc3c(-c4ccccn4)[c-]ccc3c2c1.[Ir]. The van der Waals surface area contributed by atoms with Gasteiger partial charge in [-0.15, -0.1) is 59.7 Å². The van der Waals surface area contributed by atoms with Crippen molar-refractivity contribution in [1.82, 2.24) is 9.97 Å². The van der Waals surface area contributed by atoms with Crippen molar-refractivity contribution in [2.75, 3.05) is 0 Å². The van der Waals surface area contributed by atoms with Crippen molar-refractivity contribution < 1.29 is 20.1 Å². The summed E-state index contributed by atoms with van der Waals surface area (Å²) in [7, 11) is -1.30. The van der Waals surface area contributed by atoms with Crippen molar-refractivity contribution >= 4 is 44.8 Å². The Morgan fingerprint density at radius 3 is 2.23 bits per heavy atom. The second kappa shape index (κ2) is 12.5. The van der Waals surface area contributed by atoms with E-state index in [0.717, 1.165) is 22.5 Å². The first-order valence-electron chi connectivity index (χ1n) is 13.0. The molecule has 3 aromatic carbocycles. The Kier molecular flexibility index (Phi) is 9.29. The summed E-state index contributed by atoms with van der Waals surface area (Å²) in [5, 5.41) is 4.21. The van der Waals surface area contributed by atoms with Gasteiger partial charge in [0.25, 0.3) is 0 Å². The summed E-state index contributed by atoms with van der Waals surface area (Å²) in [6, 6.07) is 36.0. The monoisotopic (exact) mass is 721 g/mol. The number of pyridine rings is 2. The van der Waals surface area contributed by atoms with Crippen molar-refractivity contribution in [1.29, 1.82) is 0 Å². The number of hydrogen-bond acceptors (Lipinski definition) is 3. The third kappa shape index (κ3) is 6.62. The fraction of sp³-hybridized carbons (Fsp3) is 0.176. The normalized spacial score (nSPS) is 11.2. The fourth-order valence-corrected chi connectivity index (χ4v) is 6.76. The summed E-state index contributed by atoms with van der Waals surface area (Å²) in [6.07, 6.45) is 3.71. The molecule has 0 spiro atoms. The Bertz CT molecular complexity index is 1670. The summed E-state index contributed by atoms with van der Waals surface area (Å²) in [5.41, 5.74) is 5.48. The van der Waals surface area contributed by atoms with E-state index < -0.39 is 8.07 Å². The van der Waals surface area contributed by atoms with Crippen LogP contribution in [0.5, 0.6) is 0 Å². The average Bonchev–Trinajstić information content (AvgIpc) is 3.32. The summed E-state index contributed by atoms with van der Waals surface area (Å²) >= 11 is 1.85. The molecule has 0 aliphatic carbocycles. The van der Waals surface area contributed by atoms with Crippen LogP contribution < -0.4 is 5.19 Å². The van der Waals surface area contributed by atoms with Crippen molar-refractivity contribution in [2.24, 2.45) is 0 Å². The number of benzene rings is 3. The number of aromatic nitrogens is 2. The Morgan fingerprint density at radius 1 is 0.744 bits per heavy atom. The Morgan fingerprint density at radius 2 is 1.54 bits per heavy atom. The molecular formula is C34H32IrN2SSi-2. The molecule has 0 aliphatic heterocycles. The zero-order valence-electron chi connectivity index (χ0n) is 23.0. The van der Waals surface area contributed by atoms with E-state index in [-0.39, 0.29) is 20.1 Å². The summed E-state index contributed by atoms with van der Waals surface area (Å²) < 4.78 is 2.63. The van der Waals surface area contributed by atoms with E-state index in [9.17, 15) is 0 Å². The molecule has 0 bridgehead atoms. The van der Waals surface area contributed by atoms with E-state index in [2.05, 4.69) is 98.1 Å². The first-order chi connectivity index (χ1) is 18.3. The van der Waals surface area contributed by atoms with Crippen LogP contribution in [0, 0.1) is 12.1 Å². The summed E-state index contributed by atoms with van der Waals surface area (Å²) in [4.78, 5) is 8.87. The topological polar surface area (TPSA) is 25.8 Å². The first-order valence-corrected chi connectivity index (χ1v) is 17.3. The van der Waals surface area contributed by atoms with Crippen LogP contribution in [-0.4, -0.2) is 18.0 Å². The molecule has 0 saturated carbocycles. The smallest absolute Gasteiger partial charge is 0.0776 e. The largest absolute Gasteiger partial charge is 0.305 e. The van der Waals surface area contributed by atoms with Gasteiger partial charge in [0.05, 0.1) is 8.07 Å². The van der Waals surface area contributed by atoms with Crippen molar-refractivity contribution in [2.45, 2.75) is 39.4 Å². The summed E-state index contributed by atoms with van der Waals surface area (Å²) in [5.74, 6) is 0.537. The number of fused-ring (bicyclic) bond motifs is 3. The predicted molar refractivity (Wildman–Crippen MR) is 167 cm³/mol. The molecule has 199 valence electrons. The number of nitrogens with zero attached hydrogens (tertiary/aromatic N) is 2. The molecule has 3 heterocycles. The van der Waals surface area contributed by atoms with Gasteiger partial charge in [-0.05, 0) is 45.6 Å². The van der Waals surface area contributed by atoms with Crippen LogP contribution in [0.25, 0.3) is 42.7 Å². The minimum absolute atomic E-state index is 0. The maximum atomic E-state index is 4.51. The van der Waals surface area contributed by atoms with Crippen LogP contribution in [0.4, 0.5) is 0 Å². The van der Waals surface area contributed by atoms with Gasteiger partial charge < -0.3 is 9.97 Å². The van der Waals surface area contributed by atoms with Crippen molar-refractivity contribution in [3.63, 3.8) is 0 Å². The third-order valence-corrected chi connectivity index (χ3v) is 9.90. The van der Waals surface area contributed by atoms with Crippen LogP contribution in [0.15, 0.2) is 97.3 Å². The van der Waals surface area contributed by atoms with Gasteiger partial charge in [-0.3, -0.25) is 0 Å². The second-order valence-electron chi connectivity index (χ2n) is 10.8. The maximum Gasteiger partial charge on any atom is 0.0776 e. The molecule has 0 fully saturated rings. The van der Waals surface area contributed by atoms with E-state index in [1.165, 1.54) is 30.9 Å². The molecule has 5 heteroatoms. The quantitative estimate of drug-likeness (QED) is 0.134. The molecule has 0 saturated heterocycles. The van der Waals surface area contributed by atoms with Gasteiger partial charge in [0.1, 0.15) is 0 Å². The zero-order chi connectivity index (χ0) is 26.7. The molecule has 0 atom stereocenters. The molecule has 0 aliphatic rings. The van der Waals surface area contributed by atoms with Gasteiger partial charge in [-0.25, -0.2) is 0 Å². The molecule has 0 unspecified atom stereocenters. The molecule has 3 aromatic heterocycles. The van der Waals surface area contributed by atoms with E-state index >= 15 is 0 Å². The van der Waals surface area contributed by atoms with Gasteiger partial charge in [0.2, 0.25) is 0 Å². The summed E-state index contributed by atoms with van der Waals surface area (Å²) in [6.45, 7) is 11.6. The third-order valence-electron chi connectivity index (χ3n) is 6.65. The predicted octanol–water partition coefficient (Wildman–Crippen LogP) is 9.13. The number of hydrogen-bond donors (Lipinski definition) is 0. The standard InChI is InChI=1S/C20H18NSSi.C14H14N.Ir/c1-23(2,3)14-10-11-19-17(13-14)15-7-6-8-16(20(15)22-19)18-9-4-5-12-21-18;1-11(2)13-8-9-15-14(10-13)12-6-4-3-5-7-12;/h4-7,9-13H,1-3H3;3-6,8-11H,1-2H3;/q2*-1;. The minimum Gasteiger partial charge on any atom is -0.305 e. The Hall–Kier alpha value is -2.95. The molecular weight excluding hydrogens is 689 g/mol. The van der Waals surface area contributed by atoms with E-state index in [1.54, 1.807) is 0 Å². The van der Waals surface area contributed by atoms with Gasteiger partial charge in [0, 0.05) is 37.2 Å². The van der Waals surface area contributed by atoms with Crippen LogP contribution in [0.3, 0.4) is 0 Å². The van der Waals surface area contributed by atoms with E-state index in [1.807, 2.05) is 66.2 Å². The van der Waals surface area contributed by atoms with Gasteiger partial charge in [0.15, 0.2) is 0 Å². The molecule has 0 N–H and O–H groups in total. The van der Waals surface area contributed by atoms with Crippen LogP contribution >= 0.6 is 11.3 Å². The van der Waals surface area contributed by atoms with Gasteiger partial charge >= 0.3 is 0 Å². The molecule has 39 heavy (non-hydrogen) atoms. The van der Waals surface area contributed by atoms with Crippen molar-refractivity contribution in [3.05, 3.63) is 115 Å². The van der Waals surface area contributed by atoms with Crippen LogP contribution in [-0.2, 0) is 20.1 Å².